The van der Waals surface area contributed by atoms with E-state index >= 15 is 0 Å². The van der Waals surface area contributed by atoms with Crippen LogP contribution in [0.2, 0.25) is 0 Å². The van der Waals surface area contributed by atoms with Gasteiger partial charge in [-0.2, -0.15) is 0 Å². The lowest BCUT2D eigenvalue weighted by molar-refractivity contribution is 0.0952. The number of rotatable bonds is 9. The Labute approximate surface area is 193 Å². The molecule has 4 aromatic rings. The smallest absolute Gasteiger partial charge is 0.251 e. The molecule has 1 aromatic heterocycles. The molecule has 3 aromatic carbocycles. The summed E-state index contributed by atoms with van der Waals surface area (Å²) >= 11 is 1.87. The average Bonchev–Trinajstić information content (AvgIpc) is 3.17. The van der Waals surface area contributed by atoms with Gasteiger partial charge in [0, 0.05) is 45.9 Å². The molecule has 4 nitrogen and oxygen atoms in total. The first kappa shape index (κ1) is 22.0. The van der Waals surface area contributed by atoms with Gasteiger partial charge >= 0.3 is 0 Å². The number of benzene rings is 3. The predicted octanol–water partition coefficient (Wildman–Crippen LogP) is 6.32. The Balaban J connectivity index is 1.42. The number of aromatic nitrogens is 1. The van der Waals surface area contributed by atoms with E-state index in [1.807, 2.05) is 36.9 Å². The van der Waals surface area contributed by atoms with Crippen molar-refractivity contribution in [1.82, 2.24) is 9.88 Å². The first-order chi connectivity index (χ1) is 15.7. The monoisotopic (exact) mass is 444 g/mol. The number of carbonyl (C=O) groups is 1. The van der Waals surface area contributed by atoms with Gasteiger partial charge in [-0.1, -0.05) is 48.5 Å². The lowest BCUT2D eigenvalue weighted by Gasteiger charge is -2.10. The molecule has 0 aliphatic rings. The van der Waals surface area contributed by atoms with Crippen molar-refractivity contribution in [2.75, 3.05) is 13.2 Å². The first-order valence-electron chi connectivity index (χ1n) is 11.0. The zero-order chi connectivity index (χ0) is 22.3. The molecule has 0 aliphatic heterocycles. The highest BCUT2D eigenvalue weighted by Gasteiger charge is 2.14. The molecule has 1 heterocycles. The second-order valence-electron chi connectivity index (χ2n) is 7.59. The molecule has 0 saturated heterocycles. The van der Waals surface area contributed by atoms with Crippen LogP contribution in [0.15, 0.2) is 90.0 Å². The van der Waals surface area contributed by atoms with E-state index in [1.165, 1.54) is 21.4 Å². The molecule has 164 valence electrons. The van der Waals surface area contributed by atoms with Crippen molar-refractivity contribution in [3.05, 3.63) is 96.2 Å². The fourth-order valence-electron chi connectivity index (χ4n) is 3.74. The Morgan fingerprint density at radius 2 is 1.72 bits per heavy atom. The van der Waals surface area contributed by atoms with Crippen molar-refractivity contribution < 1.29 is 9.53 Å². The van der Waals surface area contributed by atoms with E-state index < -0.39 is 0 Å². The summed E-state index contributed by atoms with van der Waals surface area (Å²) in [4.78, 5) is 13.8. The van der Waals surface area contributed by atoms with Gasteiger partial charge in [0.1, 0.15) is 5.75 Å². The second kappa shape index (κ2) is 10.4. The summed E-state index contributed by atoms with van der Waals surface area (Å²) in [6.45, 7) is 6.06. The summed E-state index contributed by atoms with van der Waals surface area (Å²) in [5, 5.41) is 4.64. The second-order valence-corrected chi connectivity index (χ2v) is 8.97. The average molecular weight is 445 g/mol. The summed E-state index contributed by atoms with van der Waals surface area (Å²) in [6, 6.07) is 26.3. The van der Waals surface area contributed by atoms with Crippen LogP contribution in [0.1, 0.15) is 35.0 Å². The van der Waals surface area contributed by atoms with Gasteiger partial charge in [-0.3, -0.25) is 4.79 Å². The minimum atomic E-state index is -0.0724. The van der Waals surface area contributed by atoms with Crippen LogP contribution in [0, 0.1) is 0 Å². The number of hydrogen-bond donors (Lipinski definition) is 1. The Hall–Kier alpha value is -3.18. The van der Waals surface area contributed by atoms with Crippen LogP contribution in [0.4, 0.5) is 0 Å². The van der Waals surface area contributed by atoms with Crippen LogP contribution in [0.25, 0.3) is 10.9 Å². The fraction of sp³-hybridized carbons (Fsp3) is 0.222. The van der Waals surface area contributed by atoms with Crippen molar-refractivity contribution >= 4 is 28.6 Å². The Bertz CT molecular complexity index is 1170. The van der Waals surface area contributed by atoms with Crippen LogP contribution >= 0.6 is 11.8 Å². The number of hydrogen-bond acceptors (Lipinski definition) is 3. The van der Waals surface area contributed by atoms with Gasteiger partial charge in [0.05, 0.1) is 6.61 Å². The van der Waals surface area contributed by atoms with Gasteiger partial charge in [-0.15, -0.1) is 11.8 Å². The number of ether oxygens (including phenoxy) is 1. The van der Waals surface area contributed by atoms with Crippen molar-refractivity contribution in [1.29, 1.82) is 0 Å². The topological polar surface area (TPSA) is 43.3 Å². The van der Waals surface area contributed by atoms with Crippen LogP contribution in [0.5, 0.6) is 5.75 Å². The molecule has 5 heteroatoms. The van der Waals surface area contributed by atoms with Gasteiger partial charge in [-0.05, 0) is 49.7 Å². The zero-order valence-corrected chi connectivity index (χ0v) is 19.3. The van der Waals surface area contributed by atoms with Crippen LogP contribution < -0.4 is 10.1 Å². The molecule has 0 saturated carbocycles. The van der Waals surface area contributed by atoms with E-state index in [9.17, 15) is 4.79 Å². The molecule has 1 amide bonds. The number of para-hydroxylation sites is 1. The number of carbonyl (C=O) groups excluding carboxylic acids is 1. The summed E-state index contributed by atoms with van der Waals surface area (Å²) in [5.74, 6) is 0.703. The third-order valence-electron chi connectivity index (χ3n) is 5.39. The van der Waals surface area contributed by atoms with E-state index in [-0.39, 0.29) is 5.91 Å². The summed E-state index contributed by atoms with van der Waals surface area (Å²) < 4.78 is 7.67. The normalized spacial score (nSPS) is 11.9. The maximum absolute atomic E-state index is 12.5. The van der Waals surface area contributed by atoms with Gasteiger partial charge in [0.15, 0.2) is 0 Å². The molecule has 0 bridgehead atoms. The Morgan fingerprint density at radius 1 is 1.00 bits per heavy atom. The highest BCUT2D eigenvalue weighted by Crippen LogP contribution is 2.39. The van der Waals surface area contributed by atoms with Crippen molar-refractivity contribution in [2.24, 2.45) is 0 Å². The van der Waals surface area contributed by atoms with Gasteiger partial charge < -0.3 is 14.6 Å². The van der Waals surface area contributed by atoms with Crippen LogP contribution in [0.3, 0.4) is 0 Å². The largest absolute Gasteiger partial charge is 0.494 e. The predicted molar refractivity (Wildman–Crippen MR) is 133 cm³/mol. The molecule has 1 N–H and O–H groups in total. The highest BCUT2D eigenvalue weighted by molar-refractivity contribution is 7.99. The maximum atomic E-state index is 12.5. The molecule has 0 radical (unpaired) electrons. The van der Waals surface area contributed by atoms with Crippen LogP contribution in [-0.4, -0.2) is 23.6 Å². The molecular weight excluding hydrogens is 416 g/mol. The zero-order valence-electron chi connectivity index (χ0n) is 18.5. The molecule has 1 unspecified atom stereocenters. The van der Waals surface area contributed by atoms with E-state index in [2.05, 4.69) is 71.5 Å². The summed E-state index contributed by atoms with van der Waals surface area (Å²) in [5.41, 5.74) is 3.14. The maximum Gasteiger partial charge on any atom is 0.251 e. The van der Waals surface area contributed by atoms with Gasteiger partial charge in [-0.25, -0.2) is 0 Å². The number of nitrogens with zero attached hydrogens (tertiary/aromatic N) is 1. The minimum Gasteiger partial charge on any atom is -0.494 e. The van der Waals surface area contributed by atoms with Crippen LogP contribution in [-0.2, 0) is 6.54 Å². The lowest BCUT2D eigenvalue weighted by atomic mass is 10.2. The van der Waals surface area contributed by atoms with Crippen molar-refractivity contribution in [3.63, 3.8) is 0 Å². The van der Waals surface area contributed by atoms with Crippen molar-refractivity contribution in [2.45, 2.75) is 30.5 Å². The number of fused-ring (bicyclic) bond motifs is 1. The third kappa shape index (κ3) is 5.17. The molecule has 4 rings (SSSR count). The molecule has 0 fully saturated rings. The van der Waals surface area contributed by atoms with Gasteiger partial charge in [0.25, 0.3) is 5.91 Å². The summed E-state index contributed by atoms with van der Waals surface area (Å²) in [6.07, 6.45) is 2.21. The highest BCUT2D eigenvalue weighted by atomic mass is 32.2. The Morgan fingerprint density at radius 3 is 2.47 bits per heavy atom. The minimum absolute atomic E-state index is 0.0724. The first-order valence-corrected chi connectivity index (χ1v) is 11.8. The molecule has 0 spiro atoms. The number of nitrogens with one attached hydrogen (secondary N) is 1. The van der Waals surface area contributed by atoms with E-state index in [1.54, 1.807) is 12.1 Å². The quantitative estimate of drug-likeness (QED) is 0.307. The SMILES string of the molecule is CCOc1ccc(C(=O)NCCn2cc(SC(C)c3ccccc3)c3ccccc32)cc1. The fourth-order valence-corrected chi connectivity index (χ4v) is 4.90. The van der Waals surface area contributed by atoms with Crippen molar-refractivity contribution in [3.8, 4) is 5.75 Å². The number of amides is 1. The Kier molecular flexibility index (Phi) is 7.17. The van der Waals surface area contributed by atoms with Gasteiger partial charge in [0.2, 0.25) is 0 Å². The molecule has 1 atom stereocenters. The summed E-state index contributed by atoms with van der Waals surface area (Å²) in [7, 11) is 0. The standard InChI is InChI=1S/C27H28N2O2S/c1-3-31-23-15-13-22(14-16-23)27(30)28-17-18-29-19-26(24-11-7-8-12-25(24)29)32-20(2)21-9-5-4-6-10-21/h4-16,19-20H,3,17-18H2,1-2H3,(H,28,30). The van der Waals surface area contributed by atoms with E-state index in [4.69, 9.17) is 4.74 Å². The lowest BCUT2D eigenvalue weighted by Crippen LogP contribution is -2.27. The molecule has 32 heavy (non-hydrogen) atoms. The van der Waals surface area contributed by atoms with E-state index in [0.717, 1.165) is 5.75 Å². The number of thioether (sulfide) groups is 1. The third-order valence-corrected chi connectivity index (χ3v) is 6.60. The molecule has 0 aliphatic carbocycles. The van der Waals surface area contributed by atoms with E-state index in [0.29, 0.717) is 30.5 Å². The molecular formula is C27H28N2O2S.